The summed E-state index contributed by atoms with van der Waals surface area (Å²) >= 11 is 1.90. The van der Waals surface area contributed by atoms with Crippen molar-refractivity contribution in [2.24, 2.45) is 5.10 Å². The van der Waals surface area contributed by atoms with Gasteiger partial charge in [0.2, 0.25) is 0 Å². The van der Waals surface area contributed by atoms with Gasteiger partial charge in [0.25, 0.3) is 5.91 Å². The van der Waals surface area contributed by atoms with E-state index in [2.05, 4.69) is 39.7 Å². The number of ether oxygens (including phenoxy) is 1. The molecule has 33 heavy (non-hydrogen) atoms. The number of rotatable bonds is 7. The van der Waals surface area contributed by atoms with Gasteiger partial charge in [-0.1, -0.05) is 36.4 Å². The third kappa shape index (κ3) is 5.64. The molecule has 0 saturated carbocycles. The Morgan fingerprint density at radius 3 is 2.52 bits per heavy atom. The van der Waals surface area contributed by atoms with Crippen LogP contribution in [-0.2, 0) is 19.5 Å². The van der Waals surface area contributed by atoms with E-state index < -0.39 is 0 Å². The number of hydrogen-bond donors (Lipinski definition) is 1. The Bertz CT molecular complexity index is 1120. The van der Waals surface area contributed by atoms with E-state index in [1.54, 1.807) is 6.21 Å². The van der Waals surface area contributed by atoms with Crippen LogP contribution < -0.4 is 10.2 Å². The van der Waals surface area contributed by atoms with Crippen molar-refractivity contribution in [2.45, 2.75) is 25.6 Å². The lowest BCUT2D eigenvalue weighted by atomic mass is 9.99. The molecule has 3 aromatic carbocycles. The fourth-order valence-electron chi connectivity index (χ4n) is 4.05. The molecule has 2 heterocycles. The molecule has 0 unspecified atom stereocenters. The lowest BCUT2D eigenvalue weighted by Gasteiger charge is -2.28. The molecule has 0 spiro atoms. The zero-order valence-electron chi connectivity index (χ0n) is 18.4. The first-order valence-corrected chi connectivity index (χ1v) is 12.4. The van der Waals surface area contributed by atoms with E-state index in [1.807, 2.05) is 60.3 Å². The van der Waals surface area contributed by atoms with Crippen LogP contribution in [0.5, 0.6) is 5.75 Å². The second-order valence-electron chi connectivity index (χ2n) is 8.47. The minimum absolute atomic E-state index is 0.216. The maximum absolute atomic E-state index is 12.4. The summed E-state index contributed by atoms with van der Waals surface area (Å²) in [5.41, 5.74) is 8.19. The molecule has 5 rings (SSSR count). The van der Waals surface area contributed by atoms with Crippen molar-refractivity contribution in [2.75, 3.05) is 18.1 Å². The molecule has 2 aliphatic rings. The maximum atomic E-state index is 12.4. The smallest absolute Gasteiger partial charge is 0.271 e. The van der Waals surface area contributed by atoms with Crippen molar-refractivity contribution in [3.63, 3.8) is 0 Å². The molecular weight excluding hydrogens is 430 g/mol. The highest BCUT2D eigenvalue weighted by atomic mass is 32.2. The number of hydrogen-bond acceptors (Lipinski definition) is 5. The van der Waals surface area contributed by atoms with Crippen LogP contribution >= 0.6 is 11.8 Å². The summed E-state index contributed by atoms with van der Waals surface area (Å²) in [6.07, 6.45) is 3.06. The molecule has 0 atom stereocenters. The zero-order chi connectivity index (χ0) is 22.5. The molecule has 3 aromatic rings. The number of carbonyl (C=O) groups excluding carboxylic acids is 1. The van der Waals surface area contributed by atoms with Gasteiger partial charge < -0.3 is 4.74 Å². The maximum Gasteiger partial charge on any atom is 0.271 e. The second kappa shape index (κ2) is 10.2. The van der Waals surface area contributed by atoms with E-state index in [1.165, 1.54) is 16.7 Å². The van der Waals surface area contributed by atoms with Crippen molar-refractivity contribution in [3.8, 4) is 5.75 Å². The van der Waals surface area contributed by atoms with Crippen molar-refractivity contribution in [1.29, 1.82) is 0 Å². The topological polar surface area (TPSA) is 53.9 Å². The van der Waals surface area contributed by atoms with Gasteiger partial charge in [0.05, 0.1) is 6.21 Å². The van der Waals surface area contributed by atoms with E-state index in [9.17, 15) is 4.79 Å². The van der Waals surface area contributed by atoms with Gasteiger partial charge in [0.15, 0.2) is 0 Å². The van der Waals surface area contributed by atoms with Gasteiger partial charge in [-0.2, -0.15) is 16.9 Å². The Labute approximate surface area is 198 Å². The molecule has 1 N–H and O–H groups in total. The Balaban J connectivity index is 1.11. The number of fused-ring (bicyclic) bond motifs is 1. The molecule has 0 aromatic heterocycles. The molecule has 1 fully saturated rings. The van der Waals surface area contributed by atoms with Crippen molar-refractivity contribution >= 4 is 23.9 Å². The first-order chi connectivity index (χ1) is 16.2. The fourth-order valence-corrected chi connectivity index (χ4v) is 4.61. The molecular formula is C27H27N3O2S. The largest absolute Gasteiger partial charge is 0.489 e. The molecule has 168 valence electrons. The van der Waals surface area contributed by atoms with Crippen molar-refractivity contribution in [3.05, 3.63) is 101 Å². The molecule has 5 nitrogen and oxygen atoms in total. The number of benzene rings is 3. The van der Waals surface area contributed by atoms with Crippen LogP contribution in [0.3, 0.4) is 0 Å². The Hall–Kier alpha value is -3.09. The van der Waals surface area contributed by atoms with E-state index in [-0.39, 0.29) is 5.91 Å². The van der Waals surface area contributed by atoms with Gasteiger partial charge in [-0.3, -0.25) is 9.69 Å². The fraction of sp³-hybridized carbons (Fsp3) is 0.259. The average Bonchev–Trinajstić information content (AvgIpc) is 2.83. The SMILES string of the molecule is O=C(NN=Cc1ccc(OC2CSC2)cc1)c1ccc(CN2CCc3ccccc3C2)cc1. The monoisotopic (exact) mass is 457 g/mol. The Morgan fingerprint density at radius 1 is 1.03 bits per heavy atom. The van der Waals surface area contributed by atoms with Gasteiger partial charge in [-0.25, -0.2) is 5.43 Å². The molecule has 1 amide bonds. The summed E-state index contributed by atoms with van der Waals surface area (Å²) in [6, 6.07) is 24.2. The zero-order valence-corrected chi connectivity index (χ0v) is 19.3. The summed E-state index contributed by atoms with van der Waals surface area (Å²) in [5.74, 6) is 2.77. The van der Waals surface area contributed by atoms with Gasteiger partial charge in [0, 0.05) is 36.7 Å². The number of nitrogens with one attached hydrogen (secondary N) is 1. The third-order valence-corrected chi connectivity index (χ3v) is 7.22. The lowest BCUT2D eigenvalue weighted by molar-refractivity contribution is 0.0955. The van der Waals surface area contributed by atoms with Gasteiger partial charge in [-0.15, -0.1) is 0 Å². The summed E-state index contributed by atoms with van der Waals surface area (Å²) in [4.78, 5) is 14.9. The molecule has 0 radical (unpaired) electrons. The number of thioether (sulfide) groups is 1. The van der Waals surface area contributed by atoms with Crippen LogP contribution in [0.4, 0.5) is 0 Å². The first-order valence-electron chi connectivity index (χ1n) is 11.3. The predicted octanol–water partition coefficient (Wildman–Crippen LogP) is 4.50. The standard InChI is InChI=1S/C27H27N3O2S/c31-27(29-28-15-20-7-11-25(12-8-20)32-26-18-33-19-26)23-9-5-21(6-10-23)16-30-14-13-22-3-1-2-4-24(22)17-30/h1-12,15,26H,13-14,16-19H2,(H,29,31). The van der Waals surface area contributed by atoms with Crippen molar-refractivity contribution in [1.82, 2.24) is 10.3 Å². The Kier molecular flexibility index (Phi) is 6.74. The van der Waals surface area contributed by atoms with Crippen molar-refractivity contribution < 1.29 is 9.53 Å². The normalized spacial score (nSPS) is 16.2. The minimum Gasteiger partial charge on any atom is -0.489 e. The summed E-state index contributed by atoms with van der Waals surface area (Å²) in [5, 5.41) is 4.10. The average molecular weight is 458 g/mol. The molecule has 6 heteroatoms. The quantitative estimate of drug-likeness (QED) is 0.419. The van der Waals surface area contributed by atoms with Crippen LogP contribution in [0.1, 0.15) is 32.6 Å². The molecule has 0 bridgehead atoms. The Morgan fingerprint density at radius 2 is 1.79 bits per heavy atom. The molecule has 2 aliphatic heterocycles. The highest BCUT2D eigenvalue weighted by molar-refractivity contribution is 8.00. The predicted molar refractivity (Wildman–Crippen MR) is 134 cm³/mol. The first kappa shape index (κ1) is 21.7. The number of carbonyl (C=O) groups is 1. The number of nitrogens with zero attached hydrogens (tertiary/aromatic N) is 2. The third-order valence-electron chi connectivity index (χ3n) is 6.00. The summed E-state index contributed by atoms with van der Waals surface area (Å²) in [7, 11) is 0. The summed E-state index contributed by atoms with van der Waals surface area (Å²) in [6.45, 7) is 2.91. The van der Waals surface area contributed by atoms with Gasteiger partial charge in [-0.05, 0) is 65.1 Å². The second-order valence-corrected chi connectivity index (χ2v) is 9.55. The molecule has 1 saturated heterocycles. The van der Waals surface area contributed by atoms with E-state index >= 15 is 0 Å². The van der Waals surface area contributed by atoms with Crippen LogP contribution in [0.2, 0.25) is 0 Å². The van der Waals surface area contributed by atoms with E-state index in [0.717, 1.165) is 48.9 Å². The lowest BCUT2D eigenvalue weighted by Crippen LogP contribution is -2.30. The highest BCUT2D eigenvalue weighted by Crippen LogP contribution is 2.24. The molecule has 0 aliphatic carbocycles. The van der Waals surface area contributed by atoms with Gasteiger partial charge >= 0.3 is 0 Å². The highest BCUT2D eigenvalue weighted by Gasteiger charge is 2.19. The minimum atomic E-state index is -0.216. The van der Waals surface area contributed by atoms with Crippen LogP contribution in [0.25, 0.3) is 0 Å². The van der Waals surface area contributed by atoms with Crippen LogP contribution in [-0.4, -0.2) is 41.2 Å². The number of hydrazone groups is 1. The van der Waals surface area contributed by atoms with E-state index in [0.29, 0.717) is 11.7 Å². The van der Waals surface area contributed by atoms with E-state index in [4.69, 9.17) is 4.74 Å². The summed E-state index contributed by atoms with van der Waals surface area (Å²) < 4.78 is 5.84. The van der Waals surface area contributed by atoms with Crippen LogP contribution in [0.15, 0.2) is 77.9 Å². The number of amides is 1. The van der Waals surface area contributed by atoms with Gasteiger partial charge in [0.1, 0.15) is 11.9 Å². The van der Waals surface area contributed by atoms with Crippen LogP contribution in [0, 0.1) is 0 Å².